The van der Waals surface area contributed by atoms with Crippen LogP contribution in [0.2, 0.25) is 0 Å². The average Bonchev–Trinajstić information content (AvgIpc) is 3.31. The summed E-state index contributed by atoms with van der Waals surface area (Å²) in [5.41, 5.74) is 3.05. The van der Waals surface area contributed by atoms with Gasteiger partial charge in [-0.25, -0.2) is 4.79 Å². The highest BCUT2D eigenvalue weighted by Crippen LogP contribution is 2.33. The van der Waals surface area contributed by atoms with E-state index in [1.54, 1.807) is 37.4 Å². The summed E-state index contributed by atoms with van der Waals surface area (Å²) >= 11 is 0. The Morgan fingerprint density at radius 1 is 1.22 bits per heavy atom. The van der Waals surface area contributed by atoms with Crippen molar-refractivity contribution in [2.75, 3.05) is 7.11 Å². The SMILES string of the molecule is COc1cccc(C(=O)OCc2cc(-c3ccc4c(c3)CC(C)O4)on2)c1. The summed E-state index contributed by atoms with van der Waals surface area (Å²) in [6.45, 7) is 2.08. The minimum atomic E-state index is -0.442. The molecule has 0 radical (unpaired) electrons. The van der Waals surface area contributed by atoms with Gasteiger partial charge in [-0.3, -0.25) is 0 Å². The minimum absolute atomic E-state index is 0.0324. The first-order valence-electron chi connectivity index (χ1n) is 8.69. The minimum Gasteiger partial charge on any atom is -0.497 e. The zero-order chi connectivity index (χ0) is 18.8. The van der Waals surface area contributed by atoms with E-state index in [2.05, 4.69) is 5.16 Å². The number of fused-ring (bicyclic) bond motifs is 1. The predicted molar refractivity (Wildman–Crippen MR) is 97.8 cm³/mol. The summed E-state index contributed by atoms with van der Waals surface area (Å²) in [7, 11) is 1.55. The molecule has 138 valence electrons. The smallest absolute Gasteiger partial charge is 0.338 e. The molecule has 1 aliphatic rings. The van der Waals surface area contributed by atoms with Crippen molar-refractivity contribution >= 4 is 5.97 Å². The van der Waals surface area contributed by atoms with Crippen LogP contribution in [0.15, 0.2) is 53.1 Å². The third-order valence-corrected chi connectivity index (χ3v) is 4.40. The van der Waals surface area contributed by atoms with Gasteiger partial charge in [-0.15, -0.1) is 0 Å². The van der Waals surface area contributed by atoms with Crippen LogP contribution >= 0.6 is 0 Å². The molecule has 0 saturated carbocycles. The van der Waals surface area contributed by atoms with Gasteiger partial charge in [0.1, 0.15) is 29.9 Å². The van der Waals surface area contributed by atoms with E-state index in [9.17, 15) is 4.79 Å². The molecule has 0 spiro atoms. The lowest BCUT2D eigenvalue weighted by Crippen LogP contribution is -2.05. The Bertz CT molecular complexity index is 978. The molecule has 6 nitrogen and oxygen atoms in total. The van der Waals surface area contributed by atoms with E-state index in [1.165, 1.54) is 0 Å². The van der Waals surface area contributed by atoms with Crippen molar-refractivity contribution in [1.29, 1.82) is 0 Å². The number of carbonyl (C=O) groups is 1. The molecule has 2 heterocycles. The fraction of sp³-hybridized carbons (Fsp3) is 0.238. The molecular formula is C21H19NO5. The third kappa shape index (κ3) is 3.65. The molecule has 1 atom stereocenters. The van der Waals surface area contributed by atoms with Gasteiger partial charge >= 0.3 is 5.97 Å². The number of carbonyl (C=O) groups excluding carboxylic acids is 1. The Balaban J connectivity index is 1.43. The second-order valence-electron chi connectivity index (χ2n) is 6.45. The molecule has 1 aromatic heterocycles. The van der Waals surface area contributed by atoms with Crippen LogP contribution in [0.4, 0.5) is 0 Å². The topological polar surface area (TPSA) is 70.8 Å². The lowest BCUT2D eigenvalue weighted by atomic mass is 10.1. The van der Waals surface area contributed by atoms with Crippen molar-refractivity contribution in [3.63, 3.8) is 0 Å². The Labute approximate surface area is 156 Å². The van der Waals surface area contributed by atoms with Gasteiger partial charge in [0.2, 0.25) is 0 Å². The van der Waals surface area contributed by atoms with Crippen molar-refractivity contribution in [1.82, 2.24) is 5.16 Å². The molecule has 0 saturated heterocycles. The van der Waals surface area contributed by atoms with E-state index < -0.39 is 5.97 Å². The summed E-state index contributed by atoms with van der Waals surface area (Å²) in [4.78, 5) is 12.2. The number of rotatable bonds is 5. The highest BCUT2D eigenvalue weighted by atomic mass is 16.5. The van der Waals surface area contributed by atoms with Crippen LogP contribution in [0.5, 0.6) is 11.5 Å². The van der Waals surface area contributed by atoms with Crippen LogP contribution in [0, 0.1) is 0 Å². The Morgan fingerprint density at radius 2 is 2.11 bits per heavy atom. The predicted octanol–water partition coefficient (Wildman–Crippen LogP) is 4.03. The molecule has 1 aliphatic heterocycles. The molecule has 0 N–H and O–H groups in total. The number of methoxy groups -OCH3 is 1. The standard InChI is InChI=1S/C21H19NO5/c1-13-8-16-9-14(6-7-19(16)26-13)20-11-17(22-27-20)12-25-21(23)15-4-3-5-18(10-15)24-2/h3-7,9-11,13H,8,12H2,1-2H3. The van der Waals surface area contributed by atoms with Gasteiger partial charge in [0.05, 0.1) is 12.7 Å². The maximum Gasteiger partial charge on any atom is 0.338 e. The van der Waals surface area contributed by atoms with Gasteiger partial charge in [-0.1, -0.05) is 11.2 Å². The Hall–Kier alpha value is -3.28. The molecule has 0 amide bonds. The Morgan fingerprint density at radius 3 is 2.96 bits per heavy atom. The summed E-state index contributed by atoms with van der Waals surface area (Å²) in [5.74, 6) is 1.70. The van der Waals surface area contributed by atoms with E-state index in [4.69, 9.17) is 18.7 Å². The van der Waals surface area contributed by atoms with E-state index in [0.717, 1.165) is 23.3 Å². The third-order valence-electron chi connectivity index (χ3n) is 4.40. The van der Waals surface area contributed by atoms with Crippen LogP contribution in [0.1, 0.15) is 28.5 Å². The molecule has 3 aromatic rings. The normalized spacial score (nSPS) is 15.1. The number of nitrogens with zero attached hydrogens (tertiary/aromatic N) is 1. The number of benzene rings is 2. The monoisotopic (exact) mass is 365 g/mol. The van der Waals surface area contributed by atoms with Crippen LogP contribution in [-0.4, -0.2) is 24.3 Å². The number of ether oxygens (including phenoxy) is 3. The molecule has 0 aliphatic carbocycles. The van der Waals surface area contributed by atoms with Crippen molar-refractivity contribution in [3.05, 3.63) is 65.4 Å². The average molecular weight is 365 g/mol. The highest BCUT2D eigenvalue weighted by molar-refractivity contribution is 5.89. The van der Waals surface area contributed by atoms with Crippen molar-refractivity contribution in [3.8, 4) is 22.8 Å². The van der Waals surface area contributed by atoms with Gasteiger partial charge in [0.15, 0.2) is 5.76 Å². The van der Waals surface area contributed by atoms with Crippen molar-refractivity contribution in [2.45, 2.75) is 26.1 Å². The second-order valence-corrected chi connectivity index (χ2v) is 6.45. The van der Waals surface area contributed by atoms with E-state index in [-0.39, 0.29) is 12.7 Å². The fourth-order valence-electron chi connectivity index (χ4n) is 3.06. The zero-order valence-electron chi connectivity index (χ0n) is 15.1. The van der Waals surface area contributed by atoms with Crippen LogP contribution in [0.25, 0.3) is 11.3 Å². The quantitative estimate of drug-likeness (QED) is 0.636. The van der Waals surface area contributed by atoms with Gasteiger partial charge < -0.3 is 18.7 Å². The van der Waals surface area contributed by atoms with Crippen LogP contribution in [0.3, 0.4) is 0 Å². The van der Waals surface area contributed by atoms with Crippen LogP contribution < -0.4 is 9.47 Å². The number of esters is 1. The molecule has 0 fully saturated rings. The molecule has 27 heavy (non-hydrogen) atoms. The largest absolute Gasteiger partial charge is 0.497 e. The molecular weight excluding hydrogens is 346 g/mol. The van der Waals surface area contributed by atoms with Crippen LogP contribution in [-0.2, 0) is 17.8 Å². The fourth-order valence-corrected chi connectivity index (χ4v) is 3.06. The number of aromatic nitrogens is 1. The lowest BCUT2D eigenvalue weighted by Gasteiger charge is -2.04. The molecule has 0 bridgehead atoms. The number of hydrogen-bond donors (Lipinski definition) is 0. The molecule has 4 rings (SSSR count). The molecule has 6 heteroatoms. The number of hydrogen-bond acceptors (Lipinski definition) is 6. The van der Waals surface area contributed by atoms with Crippen molar-refractivity contribution < 1.29 is 23.5 Å². The first kappa shape index (κ1) is 17.1. The van der Waals surface area contributed by atoms with E-state index >= 15 is 0 Å². The second kappa shape index (κ2) is 7.15. The lowest BCUT2D eigenvalue weighted by molar-refractivity contribution is 0.0464. The summed E-state index contributed by atoms with van der Waals surface area (Å²) in [5, 5.41) is 3.99. The molecule has 1 unspecified atom stereocenters. The van der Waals surface area contributed by atoms with Gasteiger partial charge in [-0.05, 0) is 48.9 Å². The first-order chi connectivity index (χ1) is 13.1. The summed E-state index contributed by atoms with van der Waals surface area (Å²) in [6.07, 6.45) is 1.07. The van der Waals surface area contributed by atoms with E-state index in [1.807, 2.05) is 25.1 Å². The highest BCUT2D eigenvalue weighted by Gasteiger charge is 2.20. The maximum absolute atomic E-state index is 12.2. The van der Waals surface area contributed by atoms with Crippen molar-refractivity contribution in [2.24, 2.45) is 0 Å². The Kier molecular flexibility index (Phi) is 4.54. The van der Waals surface area contributed by atoms with Gasteiger partial charge in [0, 0.05) is 18.1 Å². The first-order valence-corrected chi connectivity index (χ1v) is 8.69. The van der Waals surface area contributed by atoms with Gasteiger partial charge in [0.25, 0.3) is 0 Å². The maximum atomic E-state index is 12.2. The summed E-state index contributed by atoms with van der Waals surface area (Å²) < 4.78 is 21.6. The molecule has 2 aromatic carbocycles. The van der Waals surface area contributed by atoms with E-state index in [0.29, 0.717) is 22.8 Å². The van der Waals surface area contributed by atoms with Gasteiger partial charge in [-0.2, -0.15) is 0 Å². The zero-order valence-corrected chi connectivity index (χ0v) is 15.1. The summed E-state index contributed by atoms with van der Waals surface area (Å²) in [6, 6.07) is 14.5.